The molecule has 2 aliphatic rings. The molecule has 0 amide bonds. The van der Waals surface area contributed by atoms with Gasteiger partial charge in [-0.3, -0.25) is 0 Å². The van der Waals surface area contributed by atoms with Crippen molar-refractivity contribution in [3.63, 3.8) is 0 Å². The monoisotopic (exact) mass is 306 g/mol. The fourth-order valence-electron chi connectivity index (χ4n) is 1.50. The normalized spacial score (nSPS) is 35.3. The van der Waals surface area contributed by atoms with Crippen LogP contribution in [0.15, 0.2) is 0 Å². The van der Waals surface area contributed by atoms with Crippen LogP contribution in [0.25, 0.3) is 0 Å². The van der Waals surface area contributed by atoms with Gasteiger partial charge in [0.15, 0.2) is 0 Å². The third kappa shape index (κ3) is 7.70. The van der Waals surface area contributed by atoms with Gasteiger partial charge >= 0.3 is 0 Å². The number of rotatable bonds is 0. The molecule has 0 radical (unpaired) electrons. The Labute approximate surface area is 120 Å². The van der Waals surface area contributed by atoms with Crippen molar-refractivity contribution in [2.45, 2.75) is 37.1 Å². The summed E-state index contributed by atoms with van der Waals surface area (Å²) >= 11 is 0. The lowest BCUT2D eigenvalue weighted by atomic mass is 10.1. The number of ether oxygens (including phenoxy) is 2. The minimum atomic E-state index is -0.344. The highest BCUT2D eigenvalue weighted by molar-refractivity contribution is 5.85. The molecule has 18 heavy (non-hydrogen) atoms. The van der Waals surface area contributed by atoms with Crippen LogP contribution < -0.4 is 11.5 Å². The molecule has 8 heteroatoms. The minimum absolute atomic E-state index is 0. The van der Waals surface area contributed by atoms with E-state index < -0.39 is 0 Å². The third-order valence-corrected chi connectivity index (χ3v) is 2.72. The van der Waals surface area contributed by atoms with Gasteiger partial charge in [0.1, 0.15) is 0 Å². The quantitative estimate of drug-likeness (QED) is 0.458. The van der Waals surface area contributed by atoms with E-state index in [-0.39, 0.29) is 49.1 Å². The molecule has 2 fully saturated rings. The van der Waals surface area contributed by atoms with Crippen molar-refractivity contribution in [1.82, 2.24) is 0 Å². The topological polar surface area (TPSA) is 111 Å². The Morgan fingerprint density at radius 3 is 1.28 bits per heavy atom. The highest BCUT2D eigenvalue weighted by atomic mass is 35.5. The lowest BCUT2D eigenvalue weighted by molar-refractivity contribution is -0.00340. The van der Waals surface area contributed by atoms with Gasteiger partial charge in [0.25, 0.3) is 0 Å². The van der Waals surface area contributed by atoms with E-state index in [2.05, 4.69) is 0 Å². The molecule has 0 saturated carbocycles. The summed E-state index contributed by atoms with van der Waals surface area (Å²) in [5, 5.41) is 17.9. The van der Waals surface area contributed by atoms with Crippen LogP contribution in [0.1, 0.15) is 12.8 Å². The van der Waals surface area contributed by atoms with Crippen molar-refractivity contribution in [2.24, 2.45) is 11.5 Å². The second-order valence-corrected chi connectivity index (χ2v) is 4.19. The molecule has 2 rings (SSSR count). The van der Waals surface area contributed by atoms with Crippen LogP contribution in [-0.4, -0.2) is 60.9 Å². The summed E-state index contributed by atoms with van der Waals surface area (Å²) in [6.07, 6.45) is 0.676. The number of aliphatic hydroxyl groups is 2. The highest BCUT2D eigenvalue weighted by Gasteiger charge is 2.19. The molecule has 0 aliphatic carbocycles. The van der Waals surface area contributed by atoms with Crippen molar-refractivity contribution in [2.75, 3.05) is 26.4 Å². The van der Waals surface area contributed by atoms with Gasteiger partial charge in [0.05, 0.1) is 37.5 Å². The van der Waals surface area contributed by atoms with E-state index in [1.165, 1.54) is 0 Å². The van der Waals surface area contributed by atoms with Crippen molar-refractivity contribution < 1.29 is 19.7 Å². The summed E-state index contributed by atoms with van der Waals surface area (Å²) < 4.78 is 9.93. The van der Waals surface area contributed by atoms with Crippen molar-refractivity contribution in [3.8, 4) is 0 Å². The van der Waals surface area contributed by atoms with Crippen LogP contribution in [0.4, 0.5) is 0 Å². The predicted molar refractivity (Wildman–Crippen MR) is 73.3 cm³/mol. The zero-order chi connectivity index (χ0) is 12.0. The maximum Gasteiger partial charge on any atom is 0.0735 e. The van der Waals surface area contributed by atoms with E-state index in [1.807, 2.05) is 0 Å². The molecular weight excluding hydrogens is 283 g/mol. The van der Waals surface area contributed by atoms with Gasteiger partial charge in [-0.15, -0.1) is 24.8 Å². The SMILES string of the molecule is Cl.Cl.N[C@@H]1COCC[C@@H]1O.N[C@H]1COCC[C@H]1O. The van der Waals surface area contributed by atoms with E-state index in [0.29, 0.717) is 39.3 Å². The van der Waals surface area contributed by atoms with Crippen LogP contribution in [0.2, 0.25) is 0 Å². The summed E-state index contributed by atoms with van der Waals surface area (Å²) in [4.78, 5) is 0. The Bertz CT molecular complexity index is 163. The van der Waals surface area contributed by atoms with Crippen molar-refractivity contribution in [3.05, 3.63) is 0 Å². The largest absolute Gasteiger partial charge is 0.391 e. The lowest BCUT2D eigenvalue weighted by Crippen LogP contribution is -2.43. The number of nitrogens with two attached hydrogens (primary N) is 2. The minimum Gasteiger partial charge on any atom is -0.391 e. The molecule has 6 N–H and O–H groups in total. The second kappa shape index (κ2) is 11.2. The summed E-state index contributed by atoms with van der Waals surface area (Å²) in [5.74, 6) is 0. The molecule has 4 atom stereocenters. The Balaban J connectivity index is 0. The first-order valence-corrected chi connectivity index (χ1v) is 5.64. The molecule has 0 spiro atoms. The first-order valence-electron chi connectivity index (χ1n) is 5.64. The number of aliphatic hydroxyl groups excluding tert-OH is 2. The Morgan fingerprint density at radius 1 is 0.778 bits per heavy atom. The molecule has 0 bridgehead atoms. The third-order valence-electron chi connectivity index (χ3n) is 2.72. The Kier molecular flexibility index (Phi) is 12.8. The van der Waals surface area contributed by atoms with E-state index in [1.54, 1.807) is 0 Å². The molecule has 2 heterocycles. The molecule has 6 nitrogen and oxygen atoms in total. The maximum atomic E-state index is 8.97. The fourth-order valence-corrected chi connectivity index (χ4v) is 1.50. The summed E-state index contributed by atoms with van der Waals surface area (Å²) in [6.45, 7) is 2.30. The number of halogens is 2. The molecule has 2 saturated heterocycles. The van der Waals surface area contributed by atoms with Crippen LogP contribution in [0.3, 0.4) is 0 Å². The summed E-state index contributed by atoms with van der Waals surface area (Å²) in [7, 11) is 0. The summed E-state index contributed by atoms with van der Waals surface area (Å²) in [6, 6.07) is -0.326. The zero-order valence-corrected chi connectivity index (χ0v) is 11.9. The van der Waals surface area contributed by atoms with Crippen molar-refractivity contribution >= 4 is 24.8 Å². The van der Waals surface area contributed by atoms with Crippen LogP contribution in [0.5, 0.6) is 0 Å². The van der Waals surface area contributed by atoms with Gasteiger partial charge in [-0.05, 0) is 12.8 Å². The summed E-state index contributed by atoms with van der Waals surface area (Å²) in [5.41, 5.74) is 10.8. The maximum absolute atomic E-state index is 8.97. The van der Waals surface area contributed by atoms with Gasteiger partial charge in [-0.2, -0.15) is 0 Å². The van der Waals surface area contributed by atoms with Crippen LogP contribution in [-0.2, 0) is 9.47 Å². The van der Waals surface area contributed by atoms with Gasteiger partial charge in [0, 0.05) is 13.2 Å². The Hall–Kier alpha value is 0.340. The average Bonchev–Trinajstić information content (AvgIpc) is 2.28. The Morgan fingerprint density at radius 2 is 1.11 bits per heavy atom. The standard InChI is InChI=1S/2C5H11NO2.2ClH/c2*6-4-3-8-2-1-5(4)7;;/h2*4-5,7H,1-3,6H2;2*1H/t2*4-,5+;;/m10../s1. The van der Waals surface area contributed by atoms with E-state index in [4.69, 9.17) is 31.2 Å². The van der Waals surface area contributed by atoms with Gasteiger partial charge in [0.2, 0.25) is 0 Å². The molecule has 2 aliphatic heterocycles. The van der Waals surface area contributed by atoms with E-state index in [9.17, 15) is 0 Å². The molecule has 0 aromatic carbocycles. The fraction of sp³-hybridized carbons (Fsp3) is 1.00. The smallest absolute Gasteiger partial charge is 0.0735 e. The molecule has 112 valence electrons. The number of hydrogen-bond acceptors (Lipinski definition) is 6. The molecule has 0 aromatic rings. The molecular formula is C10H24Cl2N2O4. The van der Waals surface area contributed by atoms with Crippen molar-refractivity contribution in [1.29, 1.82) is 0 Å². The average molecular weight is 307 g/mol. The molecule has 0 aromatic heterocycles. The lowest BCUT2D eigenvalue weighted by Gasteiger charge is -2.23. The second-order valence-electron chi connectivity index (χ2n) is 4.19. The highest BCUT2D eigenvalue weighted by Crippen LogP contribution is 2.04. The van der Waals surface area contributed by atoms with Gasteiger partial charge < -0.3 is 31.2 Å². The van der Waals surface area contributed by atoms with E-state index >= 15 is 0 Å². The zero-order valence-electron chi connectivity index (χ0n) is 10.2. The number of hydrogen-bond donors (Lipinski definition) is 4. The molecule has 0 unspecified atom stereocenters. The van der Waals surface area contributed by atoms with E-state index in [0.717, 1.165) is 0 Å². The van der Waals surface area contributed by atoms with Crippen LogP contribution in [0, 0.1) is 0 Å². The van der Waals surface area contributed by atoms with Gasteiger partial charge in [-0.1, -0.05) is 0 Å². The first kappa shape index (κ1) is 20.7. The van der Waals surface area contributed by atoms with Gasteiger partial charge in [-0.25, -0.2) is 0 Å². The first-order chi connectivity index (χ1) is 7.61. The van der Waals surface area contributed by atoms with Crippen LogP contribution >= 0.6 is 24.8 Å². The predicted octanol–water partition coefficient (Wildman–Crippen LogP) is -0.967.